The molecule has 0 aliphatic heterocycles. The van der Waals surface area contributed by atoms with Gasteiger partial charge >= 0.3 is 0 Å². The monoisotopic (exact) mass is 564 g/mol. The summed E-state index contributed by atoms with van der Waals surface area (Å²) in [5.41, 5.74) is -1.07. The Morgan fingerprint density at radius 1 is 0.419 bits per heavy atom. The van der Waals surface area contributed by atoms with E-state index < -0.39 is 131 Å². The molecule has 0 bridgehead atoms. The highest BCUT2D eigenvalue weighted by atomic mass is 16.3. The van der Waals surface area contributed by atoms with Crippen LogP contribution in [-0.4, -0.2) is 0 Å². The maximum atomic E-state index is 9.75. The molecule has 0 spiro atoms. The standard InChI is InChI=1S/C42H26O/c1-2-16-30-27(12-1)13-10-22-31(30)28-14-9-15-29(26-28)40-33-18-3-5-20-35(33)41(36-21-6-4-19-34(36)40)38-24-11-23-37-32-17-7-8-25-39(32)43-42(37)38/h1-26H/i1D,2D,7D,8D,9D,10D,11D,12D,13D,14D,15D,16D,17D,22D,23D,24D,25D,26D. The van der Waals surface area contributed by atoms with E-state index in [0.29, 0.717) is 21.5 Å². The fourth-order valence-corrected chi connectivity index (χ4v) is 5.77. The van der Waals surface area contributed by atoms with Gasteiger partial charge in [-0.2, -0.15) is 0 Å². The number of hydrogen-bond donors (Lipinski definition) is 0. The zero-order valence-electron chi connectivity index (χ0n) is 40.0. The molecule has 0 atom stereocenters. The summed E-state index contributed by atoms with van der Waals surface area (Å²) in [5.74, 6) is 0. The summed E-state index contributed by atoms with van der Waals surface area (Å²) in [5, 5.41) is 0.344. The van der Waals surface area contributed by atoms with Gasteiger partial charge in [-0.05, 0) is 66.7 Å². The second-order valence-electron chi connectivity index (χ2n) is 9.85. The van der Waals surface area contributed by atoms with Crippen molar-refractivity contribution in [2.75, 3.05) is 0 Å². The molecule has 1 heteroatoms. The van der Waals surface area contributed by atoms with Crippen molar-refractivity contribution < 1.29 is 29.1 Å². The van der Waals surface area contributed by atoms with Crippen LogP contribution in [0.5, 0.6) is 0 Å². The van der Waals surface area contributed by atoms with E-state index in [2.05, 4.69) is 0 Å². The lowest BCUT2D eigenvalue weighted by Gasteiger charge is -2.18. The number of fused-ring (bicyclic) bond motifs is 6. The van der Waals surface area contributed by atoms with Gasteiger partial charge in [-0.1, -0.05) is 145 Å². The Morgan fingerprint density at radius 2 is 0.977 bits per heavy atom. The van der Waals surface area contributed by atoms with Crippen LogP contribution in [0.3, 0.4) is 0 Å². The summed E-state index contributed by atoms with van der Waals surface area (Å²) in [6.45, 7) is 0. The Hall–Kier alpha value is -5.66. The lowest BCUT2D eigenvalue weighted by Crippen LogP contribution is -1.91. The molecule has 43 heavy (non-hydrogen) atoms. The summed E-state index contributed by atoms with van der Waals surface area (Å²) in [6, 6.07) is 2.23. The first kappa shape index (κ1) is 12.3. The number of hydrogen-bond acceptors (Lipinski definition) is 1. The van der Waals surface area contributed by atoms with E-state index in [1.807, 2.05) is 0 Å². The topological polar surface area (TPSA) is 13.1 Å². The SMILES string of the molecule is [2H]c1c([2H])c(-c2c3ccccc3c(-c3c([2H])c([2H])c([2H])c4c3oc3c([2H])c([2H])c([2H])c([2H])c34)c3ccccc23)c([2H])c(-c2c([2H])c([2H])c([2H])c3c([2H])c([2H])c([2H])c([2H])c23)c1[2H]. The molecule has 1 nitrogen and oxygen atoms in total. The Kier molecular flexibility index (Phi) is 2.70. The van der Waals surface area contributed by atoms with E-state index in [-0.39, 0.29) is 44.2 Å². The minimum atomic E-state index is -0.738. The van der Waals surface area contributed by atoms with Gasteiger partial charge < -0.3 is 4.42 Å². The van der Waals surface area contributed by atoms with Crippen LogP contribution in [0.15, 0.2) is 162 Å². The molecule has 1 heterocycles. The van der Waals surface area contributed by atoms with Crippen LogP contribution in [0.4, 0.5) is 0 Å². The van der Waals surface area contributed by atoms with Crippen molar-refractivity contribution in [1.29, 1.82) is 0 Å². The van der Waals surface area contributed by atoms with Gasteiger partial charge in [0.15, 0.2) is 0 Å². The fourth-order valence-electron chi connectivity index (χ4n) is 5.77. The molecule has 0 fully saturated rings. The smallest absolute Gasteiger partial charge is 0.143 e. The number of rotatable bonds is 3. The van der Waals surface area contributed by atoms with Crippen LogP contribution in [0.2, 0.25) is 0 Å². The van der Waals surface area contributed by atoms with Gasteiger partial charge in [-0.25, -0.2) is 0 Å². The normalized spacial score (nSPS) is 17.6. The molecule has 0 amide bonds. The van der Waals surface area contributed by atoms with Crippen molar-refractivity contribution in [1.82, 2.24) is 0 Å². The summed E-state index contributed by atoms with van der Waals surface area (Å²) < 4.78 is 165. The predicted octanol–water partition coefficient (Wildman–Crippen LogP) is 12.0. The molecule has 9 aromatic rings. The Labute approximate surface area is 274 Å². The summed E-state index contributed by atoms with van der Waals surface area (Å²) >= 11 is 0. The molecule has 200 valence electrons. The first-order valence-corrected chi connectivity index (χ1v) is 13.3. The molecular weight excluding hydrogens is 520 g/mol. The molecule has 0 aliphatic carbocycles. The van der Waals surface area contributed by atoms with E-state index in [0.717, 1.165) is 0 Å². The average Bonchev–Trinajstić information content (AvgIpc) is 3.65. The number of furan rings is 1. The van der Waals surface area contributed by atoms with E-state index in [4.69, 9.17) is 25.0 Å². The van der Waals surface area contributed by atoms with Crippen molar-refractivity contribution in [2.45, 2.75) is 0 Å². The summed E-state index contributed by atoms with van der Waals surface area (Å²) in [7, 11) is 0. The third-order valence-electron chi connectivity index (χ3n) is 7.56. The van der Waals surface area contributed by atoms with Crippen molar-refractivity contribution >= 4 is 54.3 Å². The molecule has 0 saturated heterocycles. The second-order valence-corrected chi connectivity index (χ2v) is 9.85. The maximum absolute atomic E-state index is 9.75. The van der Waals surface area contributed by atoms with Crippen LogP contribution in [0.1, 0.15) is 24.7 Å². The van der Waals surface area contributed by atoms with E-state index in [1.54, 1.807) is 48.5 Å². The number of para-hydroxylation sites is 2. The van der Waals surface area contributed by atoms with E-state index in [9.17, 15) is 4.11 Å². The average molecular weight is 565 g/mol. The zero-order valence-corrected chi connectivity index (χ0v) is 22.0. The molecule has 0 radical (unpaired) electrons. The van der Waals surface area contributed by atoms with Crippen molar-refractivity contribution in [2.24, 2.45) is 0 Å². The van der Waals surface area contributed by atoms with Crippen LogP contribution < -0.4 is 0 Å². The molecule has 0 aliphatic rings. The van der Waals surface area contributed by atoms with Crippen LogP contribution in [0.25, 0.3) is 87.6 Å². The van der Waals surface area contributed by atoms with Gasteiger partial charge in [0.05, 0.1) is 24.7 Å². The highest BCUT2D eigenvalue weighted by molar-refractivity contribution is 6.24. The quantitative estimate of drug-likeness (QED) is 0.195. The van der Waals surface area contributed by atoms with Crippen molar-refractivity contribution in [3.63, 3.8) is 0 Å². The van der Waals surface area contributed by atoms with Crippen molar-refractivity contribution in [3.05, 3.63) is 157 Å². The lowest BCUT2D eigenvalue weighted by atomic mass is 9.85. The van der Waals surface area contributed by atoms with Crippen LogP contribution in [0, 0.1) is 0 Å². The van der Waals surface area contributed by atoms with Gasteiger partial charge in [0.1, 0.15) is 11.2 Å². The van der Waals surface area contributed by atoms with Gasteiger partial charge in [-0.3, -0.25) is 0 Å². The summed E-state index contributed by atoms with van der Waals surface area (Å²) in [6.07, 6.45) is 0. The maximum Gasteiger partial charge on any atom is 0.143 e. The first-order valence-electron chi connectivity index (χ1n) is 22.3. The second kappa shape index (κ2) is 9.44. The Morgan fingerprint density at radius 3 is 1.77 bits per heavy atom. The third-order valence-corrected chi connectivity index (χ3v) is 7.56. The van der Waals surface area contributed by atoms with Crippen molar-refractivity contribution in [3.8, 4) is 33.4 Å². The Bertz CT molecular complexity index is 3450. The van der Waals surface area contributed by atoms with Gasteiger partial charge in [0, 0.05) is 21.9 Å². The molecular formula is C42H26O. The summed E-state index contributed by atoms with van der Waals surface area (Å²) in [4.78, 5) is 0. The molecule has 0 saturated carbocycles. The van der Waals surface area contributed by atoms with Gasteiger partial charge in [-0.15, -0.1) is 0 Å². The predicted molar refractivity (Wildman–Crippen MR) is 183 cm³/mol. The number of benzene rings is 8. The third kappa shape index (κ3) is 3.65. The minimum Gasteiger partial charge on any atom is -0.455 e. The van der Waals surface area contributed by atoms with Gasteiger partial charge in [0.2, 0.25) is 0 Å². The van der Waals surface area contributed by atoms with E-state index in [1.165, 1.54) is 0 Å². The highest BCUT2D eigenvalue weighted by Crippen LogP contribution is 2.46. The molecule has 0 N–H and O–H groups in total. The van der Waals surface area contributed by atoms with Gasteiger partial charge in [0.25, 0.3) is 0 Å². The first-order chi connectivity index (χ1) is 28.8. The van der Waals surface area contributed by atoms with Crippen LogP contribution in [-0.2, 0) is 0 Å². The lowest BCUT2D eigenvalue weighted by molar-refractivity contribution is 0.670. The van der Waals surface area contributed by atoms with E-state index >= 15 is 0 Å². The van der Waals surface area contributed by atoms with Crippen LogP contribution >= 0.6 is 0 Å². The Balaban J connectivity index is 1.48. The molecule has 1 aromatic heterocycles. The highest BCUT2D eigenvalue weighted by Gasteiger charge is 2.20. The zero-order chi connectivity index (χ0) is 44.0. The molecule has 8 aromatic carbocycles. The molecule has 0 unspecified atom stereocenters. The fraction of sp³-hybridized carbons (Fsp3) is 0. The largest absolute Gasteiger partial charge is 0.455 e. The molecule has 9 rings (SSSR count). The minimum absolute atomic E-state index is 0.0125.